The van der Waals surface area contributed by atoms with Crippen LogP contribution in [-0.4, -0.2) is 42.6 Å². The van der Waals surface area contributed by atoms with E-state index in [0.717, 1.165) is 38.1 Å². The summed E-state index contributed by atoms with van der Waals surface area (Å²) in [5, 5.41) is 0. The number of carbonyl (C=O) groups is 1. The Morgan fingerprint density at radius 3 is 2.50 bits per heavy atom. The Kier molecular flexibility index (Phi) is 6.40. The molecule has 0 radical (unpaired) electrons. The number of benzene rings is 1. The highest BCUT2D eigenvalue weighted by Crippen LogP contribution is 2.16. The van der Waals surface area contributed by atoms with Gasteiger partial charge in [0.25, 0.3) is 0 Å². The highest BCUT2D eigenvalue weighted by Gasteiger charge is 2.26. The summed E-state index contributed by atoms with van der Waals surface area (Å²) in [4.78, 5) is 14.3. The van der Waals surface area contributed by atoms with Gasteiger partial charge in [0.05, 0.1) is 12.1 Å². The molecule has 0 aliphatic carbocycles. The molecule has 4 heteroatoms. The van der Waals surface area contributed by atoms with E-state index < -0.39 is 6.04 Å². The molecule has 0 aromatic heterocycles. The molecule has 1 aliphatic heterocycles. The lowest BCUT2D eigenvalue weighted by Crippen LogP contribution is -2.49. The largest absolute Gasteiger partial charge is 0.378 e. The lowest BCUT2D eigenvalue weighted by Gasteiger charge is -2.33. The Hall–Kier alpha value is -1.39. The zero-order valence-corrected chi connectivity index (χ0v) is 13.7. The minimum absolute atomic E-state index is 0.0613. The monoisotopic (exact) mass is 304 g/mol. The highest BCUT2D eigenvalue weighted by molar-refractivity contribution is 5.82. The third-order valence-corrected chi connectivity index (χ3v) is 4.03. The number of hydrogen-bond acceptors (Lipinski definition) is 3. The third-order valence-electron chi connectivity index (χ3n) is 4.03. The molecule has 1 fully saturated rings. The number of nitrogens with zero attached hydrogens (tertiary/aromatic N) is 1. The van der Waals surface area contributed by atoms with Crippen LogP contribution in [0.5, 0.6) is 0 Å². The maximum Gasteiger partial charge on any atom is 0.239 e. The van der Waals surface area contributed by atoms with Gasteiger partial charge in [-0.1, -0.05) is 44.2 Å². The lowest BCUT2D eigenvalue weighted by molar-refractivity contribution is -0.135. The first kappa shape index (κ1) is 17.0. The second-order valence-electron chi connectivity index (χ2n) is 6.55. The van der Waals surface area contributed by atoms with E-state index in [9.17, 15) is 4.79 Å². The number of amides is 1. The first-order valence-electron chi connectivity index (χ1n) is 8.26. The number of hydrogen-bond donors (Lipinski definition) is 1. The van der Waals surface area contributed by atoms with Crippen molar-refractivity contribution >= 4 is 5.91 Å². The van der Waals surface area contributed by atoms with E-state index in [1.165, 1.54) is 0 Å². The molecule has 1 aromatic carbocycles. The highest BCUT2D eigenvalue weighted by atomic mass is 16.5. The molecule has 1 atom stereocenters. The second kappa shape index (κ2) is 8.30. The zero-order valence-electron chi connectivity index (χ0n) is 13.7. The van der Waals surface area contributed by atoms with Gasteiger partial charge in [-0.2, -0.15) is 0 Å². The molecule has 2 N–H and O–H groups in total. The van der Waals surface area contributed by atoms with Gasteiger partial charge in [0.1, 0.15) is 0 Å². The fourth-order valence-corrected chi connectivity index (χ4v) is 2.76. The first-order valence-corrected chi connectivity index (χ1v) is 8.26. The van der Waals surface area contributed by atoms with E-state index in [-0.39, 0.29) is 12.0 Å². The molecule has 4 nitrogen and oxygen atoms in total. The molecule has 2 rings (SSSR count). The van der Waals surface area contributed by atoms with E-state index in [0.29, 0.717) is 12.3 Å². The van der Waals surface area contributed by atoms with Crippen LogP contribution < -0.4 is 5.73 Å². The molecule has 0 spiro atoms. The number of piperidine rings is 1. The topological polar surface area (TPSA) is 55.6 Å². The smallest absolute Gasteiger partial charge is 0.239 e. The van der Waals surface area contributed by atoms with Crippen molar-refractivity contribution in [3.05, 3.63) is 35.9 Å². The predicted molar refractivity (Wildman–Crippen MR) is 88.5 cm³/mol. The molecule has 1 saturated heterocycles. The van der Waals surface area contributed by atoms with Crippen LogP contribution in [0.1, 0.15) is 32.3 Å². The van der Waals surface area contributed by atoms with Crippen molar-refractivity contribution in [2.75, 3.05) is 19.7 Å². The summed E-state index contributed by atoms with van der Waals surface area (Å²) >= 11 is 0. The maximum atomic E-state index is 12.4. The van der Waals surface area contributed by atoms with Crippen molar-refractivity contribution in [2.24, 2.45) is 11.7 Å². The van der Waals surface area contributed by atoms with E-state index in [2.05, 4.69) is 13.8 Å². The predicted octanol–water partition coefficient (Wildman–Crippen LogP) is 2.22. The summed E-state index contributed by atoms with van der Waals surface area (Å²) in [7, 11) is 0. The van der Waals surface area contributed by atoms with Gasteiger partial charge >= 0.3 is 0 Å². The van der Waals surface area contributed by atoms with Crippen molar-refractivity contribution in [3.8, 4) is 0 Å². The summed E-state index contributed by atoms with van der Waals surface area (Å²) < 4.78 is 5.86. The molecular weight excluding hydrogens is 276 g/mol. The van der Waals surface area contributed by atoms with Crippen molar-refractivity contribution in [3.63, 3.8) is 0 Å². The fraction of sp³-hybridized carbons (Fsp3) is 0.611. The zero-order chi connectivity index (χ0) is 15.9. The number of ether oxygens (including phenoxy) is 1. The molecule has 1 aromatic rings. The van der Waals surface area contributed by atoms with E-state index in [1.807, 2.05) is 35.2 Å². The van der Waals surface area contributed by atoms with Gasteiger partial charge < -0.3 is 15.4 Å². The van der Waals surface area contributed by atoms with Crippen molar-refractivity contribution in [2.45, 2.75) is 45.3 Å². The molecule has 1 amide bonds. The molecule has 122 valence electrons. The molecular formula is C18H28N2O2. The van der Waals surface area contributed by atoms with Crippen LogP contribution in [0.15, 0.2) is 30.3 Å². The Balaban J connectivity index is 1.77. The quantitative estimate of drug-likeness (QED) is 0.877. The minimum atomic E-state index is -0.449. The summed E-state index contributed by atoms with van der Waals surface area (Å²) in [6, 6.07) is 9.50. The molecule has 22 heavy (non-hydrogen) atoms. The summed E-state index contributed by atoms with van der Waals surface area (Å²) in [5.74, 6) is 0.616. The Morgan fingerprint density at radius 2 is 1.91 bits per heavy atom. The summed E-state index contributed by atoms with van der Waals surface area (Å²) in [6.45, 7) is 6.61. The Morgan fingerprint density at radius 1 is 1.27 bits per heavy atom. The first-order chi connectivity index (χ1) is 10.6. The van der Waals surface area contributed by atoms with Gasteiger partial charge in [-0.15, -0.1) is 0 Å². The Bertz CT molecular complexity index is 453. The van der Waals surface area contributed by atoms with Crippen molar-refractivity contribution < 1.29 is 9.53 Å². The van der Waals surface area contributed by atoms with Gasteiger partial charge in [-0.25, -0.2) is 0 Å². The van der Waals surface area contributed by atoms with Crippen LogP contribution in [0.25, 0.3) is 0 Å². The molecule has 1 heterocycles. The van der Waals surface area contributed by atoms with Crippen LogP contribution in [0, 0.1) is 5.92 Å². The SMILES string of the molecule is CC(C)COC1CCN(C(=O)[C@@H](N)Cc2ccccc2)CC1. The van der Waals surface area contributed by atoms with Crippen LogP contribution in [-0.2, 0) is 16.0 Å². The molecule has 0 unspecified atom stereocenters. The molecule has 1 aliphatic rings. The van der Waals surface area contributed by atoms with Gasteiger partial charge in [0.15, 0.2) is 0 Å². The average molecular weight is 304 g/mol. The second-order valence-corrected chi connectivity index (χ2v) is 6.55. The lowest BCUT2D eigenvalue weighted by atomic mass is 10.0. The van der Waals surface area contributed by atoms with E-state index in [4.69, 9.17) is 10.5 Å². The van der Waals surface area contributed by atoms with Crippen LogP contribution in [0.3, 0.4) is 0 Å². The molecule has 0 saturated carbocycles. The van der Waals surface area contributed by atoms with Crippen LogP contribution >= 0.6 is 0 Å². The standard InChI is InChI=1S/C18H28N2O2/c1-14(2)13-22-16-8-10-20(11-9-16)18(21)17(19)12-15-6-4-3-5-7-15/h3-7,14,16-17H,8-13,19H2,1-2H3/t17-/m0/s1. The number of nitrogens with two attached hydrogens (primary N) is 1. The summed E-state index contributed by atoms with van der Waals surface area (Å²) in [5.41, 5.74) is 7.20. The van der Waals surface area contributed by atoms with Gasteiger partial charge in [0, 0.05) is 19.7 Å². The van der Waals surface area contributed by atoms with Crippen molar-refractivity contribution in [1.29, 1.82) is 0 Å². The van der Waals surface area contributed by atoms with Crippen LogP contribution in [0.4, 0.5) is 0 Å². The minimum Gasteiger partial charge on any atom is -0.378 e. The average Bonchev–Trinajstić information content (AvgIpc) is 2.53. The summed E-state index contributed by atoms with van der Waals surface area (Å²) in [6.07, 6.45) is 2.72. The number of carbonyl (C=O) groups excluding carboxylic acids is 1. The molecule has 0 bridgehead atoms. The number of likely N-dealkylation sites (tertiary alicyclic amines) is 1. The van der Waals surface area contributed by atoms with Gasteiger partial charge in [0.2, 0.25) is 5.91 Å². The van der Waals surface area contributed by atoms with Crippen LogP contribution in [0.2, 0.25) is 0 Å². The van der Waals surface area contributed by atoms with Gasteiger partial charge in [-0.3, -0.25) is 4.79 Å². The maximum absolute atomic E-state index is 12.4. The van der Waals surface area contributed by atoms with Gasteiger partial charge in [-0.05, 0) is 30.7 Å². The van der Waals surface area contributed by atoms with E-state index in [1.54, 1.807) is 0 Å². The Labute approximate surface area is 133 Å². The third kappa shape index (κ3) is 5.11. The number of rotatable bonds is 6. The van der Waals surface area contributed by atoms with E-state index >= 15 is 0 Å². The normalized spacial score (nSPS) is 17.7. The fourth-order valence-electron chi connectivity index (χ4n) is 2.76. The van der Waals surface area contributed by atoms with Crippen molar-refractivity contribution in [1.82, 2.24) is 4.90 Å².